The van der Waals surface area contributed by atoms with Crippen molar-refractivity contribution in [2.45, 2.75) is 39.0 Å². The first-order chi connectivity index (χ1) is 12.6. The van der Waals surface area contributed by atoms with Gasteiger partial charge in [-0.1, -0.05) is 0 Å². The Morgan fingerprint density at radius 2 is 2.12 bits per heavy atom. The Balaban J connectivity index is 1.37. The molecule has 7 heteroatoms. The van der Waals surface area contributed by atoms with Crippen LogP contribution in [0.5, 0.6) is 0 Å². The molecule has 0 radical (unpaired) electrons. The summed E-state index contributed by atoms with van der Waals surface area (Å²) >= 11 is 1.74. The summed E-state index contributed by atoms with van der Waals surface area (Å²) in [5, 5.41) is 6.69. The average molecular weight is 367 g/mol. The van der Waals surface area contributed by atoms with Crippen molar-refractivity contribution in [1.82, 2.24) is 19.9 Å². The number of nitrogens with one attached hydrogen (secondary N) is 2. The van der Waals surface area contributed by atoms with Crippen molar-refractivity contribution in [2.24, 2.45) is 0 Å². The summed E-state index contributed by atoms with van der Waals surface area (Å²) in [5.41, 5.74) is 3.34. The topological polar surface area (TPSA) is 83.6 Å². The first-order valence-electron chi connectivity index (χ1n) is 8.82. The number of aromatic amines is 1. The first-order valence-corrected chi connectivity index (χ1v) is 9.70. The minimum Gasteiger partial charge on any atom is -0.370 e. The molecule has 3 heterocycles. The molecule has 0 bridgehead atoms. The lowest BCUT2D eigenvalue weighted by Gasteiger charge is -2.07. The van der Waals surface area contributed by atoms with E-state index in [-0.39, 0.29) is 5.56 Å². The maximum absolute atomic E-state index is 11.9. The van der Waals surface area contributed by atoms with Gasteiger partial charge in [0.1, 0.15) is 11.6 Å². The van der Waals surface area contributed by atoms with Gasteiger partial charge in [-0.05, 0) is 38.8 Å². The molecule has 26 heavy (non-hydrogen) atoms. The van der Waals surface area contributed by atoms with E-state index in [0.29, 0.717) is 17.3 Å². The number of rotatable bonds is 6. The number of aryl methyl sites for hydroxylation is 1. The largest absolute Gasteiger partial charge is 0.370 e. The summed E-state index contributed by atoms with van der Waals surface area (Å²) in [4.78, 5) is 28.2. The maximum Gasteiger partial charge on any atom is 0.254 e. The molecule has 3 aromatic heterocycles. The summed E-state index contributed by atoms with van der Waals surface area (Å²) < 4.78 is 0. The van der Waals surface area contributed by atoms with Gasteiger partial charge in [0.05, 0.1) is 10.7 Å². The zero-order chi connectivity index (χ0) is 18.1. The van der Waals surface area contributed by atoms with Crippen molar-refractivity contribution in [2.75, 3.05) is 11.9 Å². The number of H-pyrrole nitrogens is 1. The molecule has 0 aromatic carbocycles. The van der Waals surface area contributed by atoms with Crippen LogP contribution >= 0.6 is 11.3 Å². The Labute approximate surface area is 155 Å². The molecule has 0 saturated heterocycles. The van der Waals surface area contributed by atoms with E-state index < -0.39 is 0 Å². The minimum atomic E-state index is -0.108. The standard InChI is InChI=1S/C19H21N5OS/c1-11-12(2)22-18(24-19(11)25)14-5-6-16(21-9-14)20-8-7-17-23-15(10-26-17)13-3-4-13/h5-6,9-10,13H,3-4,7-8H2,1-2H3,(H,20,21)(H,22,24,25). The number of pyridine rings is 1. The fraction of sp³-hybridized carbons (Fsp3) is 0.368. The third kappa shape index (κ3) is 3.67. The van der Waals surface area contributed by atoms with Gasteiger partial charge in [-0.2, -0.15) is 0 Å². The number of hydrogen-bond acceptors (Lipinski definition) is 6. The maximum atomic E-state index is 11.9. The molecular formula is C19H21N5OS. The molecule has 6 nitrogen and oxygen atoms in total. The highest BCUT2D eigenvalue weighted by Crippen LogP contribution is 2.40. The molecule has 0 amide bonds. The normalized spacial score (nSPS) is 13.8. The van der Waals surface area contributed by atoms with Crippen LogP contribution in [-0.4, -0.2) is 26.5 Å². The second-order valence-electron chi connectivity index (χ2n) is 6.67. The van der Waals surface area contributed by atoms with Crippen molar-refractivity contribution in [1.29, 1.82) is 0 Å². The molecule has 4 rings (SSSR count). The SMILES string of the molecule is Cc1nc(-c2ccc(NCCc3nc(C4CC4)cs3)nc2)[nH]c(=O)c1C. The summed E-state index contributed by atoms with van der Waals surface area (Å²) in [6.45, 7) is 4.40. The Kier molecular flexibility index (Phi) is 4.55. The van der Waals surface area contributed by atoms with Crippen molar-refractivity contribution >= 4 is 17.2 Å². The van der Waals surface area contributed by atoms with E-state index in [1.165, 1.54) is 23.5 Å². The van der Waals surface area contributed by atoms with Gasteiger partial charge in [-0.25, -0.2) is 15.0 Å². The van der Waals surface area contributed by atoms with E-state index in [0.717, 1.165) is 30.0 Å². The van der Waals surface area contributed by atoms with E-state index in [9.17, 15) is 4.79 Å². The van der Waals surface area contributed by atoms with E-state index >= 15 is 0 Å². The first kappa shape index (κ1) is 16.9. The Hall–Kier alpha value is -2.54. The fourth-order valence-electron chi connectivity index (χ4n) is 2.72. The summed E-state index contributed by atoms with van der Waals surface area (Å²) in [5.74, 6) is 2.07. The van der Waals surface area contributed by atoms with E-state index in [4.69, 9.17) is 4.98 Å². The quantitative estimate of drug-likeness (QED) is 0.697. The summed E-state index contributed by atoms with van der Waals surface area (Å²) in [7, 11) is 0. The molecule has 134 valence electrons. The van der Waals surface area contributed by atoms with Crippen LogP contribution in [0, 0.1) is 13.8 Å². The number of aromatic nitrogens is 4. The van der Waals surface area contributed by atoms with Crippen LogP contribution in [0.1, 0.15) is 40.7 Å². The molecular weight excluding hydrogens is 346 g/mol. The molecule has 2 N–H and O–H groups in total. The predicted molar refractivity (Wildman–Crippen MR) is 104 cm³/mol. The lowest BCUT2D eigenvalue weighted by atomic mass is 10.2. The summed E-state index contributed by atoms with van der Waals surface area (Å²) in [6.07, 6.45) is 5.20. The van der Waals surface area contributed by atoms with E-state index in [2.05, 4.69) is 25.6 Å². The third-order valence-electron chi connectivity index (χ3n) is 4.64. The van der Waals surface area contributed by atoms with Gasteiger partial charge in [-0.3, -0.25) is 4.79 Å². The fourth-order valence-corrected chi connectivity index (χ4v) is 3.60. The van der Waals surface area contributed by atoms with Crippen LogP contribution in [0.4, 0.5) is 5.82 Å². The molecule has 0 spiro atoms. The van der Waals surface area contributed by atoms with E-state index in [1.54, 1.807) is 24.5 Å². The smallest absolute Gasteiger partial charge is 0.254 e. The van der Waals surface area contributed by atoms with Crippen molar-refractivity contribution in [3.05, 3.63) is 56.0 Å². The molecule has 1 saturated carbocycles. The molecule has 1 aliphatic rings. The van der Waals surface area contributed by atoms with Gasteiger partial charge < -0.3 is 10.3 Å². The number of anilines is 1. The van der Waals surface area contributed by atoms with Crippen molar-refractivity contribution in [3.8, 4) is 11.4 Å². The second kappa shape index (κ2) is 6.99. The molecule has 0 aliphatic heterocycles. The van der Waals surface area contributed by atoms with Gasteiger partial charge in [0.2, 0.25) is 0 Å². The van der Waals surface area contributed by atoms with Crippen LogP contribution in [0.3, 0.4) is 0 Å². The van der Waals surface area contributed by atoms with Gasteiger partial charge >= 0.3 is 0 Å². The number of thiazole rings is 1. The van der Waals surface area contributed by atoms with Crippen LogP contribution in [0.15, 0.2) is 28.5 Å². The van der Waals surface area contributed by atoms with Crippen molar-refractivity contribution in [3.63, 3.8) is 0 Å². The van der Waals surface area contributed by atoms with Crippen molar-refractivity contribution < 1.29 is 0 Å². The van der Waals surface area contributed by atoms with Gasteiger partial charge in [0.15, 0.2) is 0 Å². The molecule has 0 atom stereocenters. The lowest BCUT2D eigenvalue weighted by molar-refractivity contribution is 0.950. The highest BCUT2D eigenvalue weighted by Gasteiger charge is 2.25. The predicted octanol–water partition coefficient (Wildman–Crippen LogP) is 3.44. The third-order valence-corrected chi connectivity index (χ3v) is 5.57. The Bertz CT molecular complexity index is 972. The van der Waals surface area contributed by atoms with Crippen LogP contribution in [-0.2, 0) is 6.42 Å². The van der Waals surface area contributed by atoms with Crippen LogP contribution in [0.25, 0.3) is 11.4 Å². The highest BCUT2D eigenvalue weighted by atomic mass is 32.1. The average Bonchev–Trinajstić information content (AvgIpc) is 3.39. The van der Waals surface area contributed by atoms with Crippen LogP contribution < -0.4 is 10.9 Å². The molecule has 3 aromatic rings. The monoisotopic (exact) mass is 367 g/mol. The summed E-state index contributed by atoms with van der Waals surface area (Å²) in [6, 6.07) is 3.82. The number of nitrogens with zero attached hydrogens (tertiary/aromatic N) is 3. The Morgan fingerprint density at radius 1 is 1.27 bits per heavy atom. The second-order valence-corrected chi connectivity index (χ2v) is 7.62. The zero-order valence-corrected chi connectivity index (χ0v) is 15.7. The van der Waals surface area contributed by atoms with Crippen LogP contribution in [0.2, 0.25) is 0 Å². The lowest BCUT2D eigenvalue weighted by Crippen LogP contribution is -2.14. The molecule has 0 unspecified atom stereocenters. The highest BCUT2D eigenvalue weighted by molar-refractivity contribution is 7.09. The number of hydrogen-bond donors (Lipinski definition) is 2. The van der Waals surface area contributed by atoms with E-state index in [1.807, 2.05) is 19.1 Å². The molecule has 1 aliphatic carbocycles. The zero-order valence-electron chi connectivity index (χ0n) is 14.9. The van der Waals surface area contributed by atoms with Gasteiger partial charge in [-0.15, -0.1) is 11.3 Å². The Morgan fingerprint density at radius 3 is 2.81 bits per heavy atom. The van der Waals surface area contributed by atoms with Gasteiger partial charge in [0.25, 0.3) is 5.56 Å². The minimum absolute atomic E-state index is 0.108. The molecule has 1 fully saturated rings. The van der Waals surface area contributed by atoms with Gasteiger partial charge in [0, 0.05) is 47.3 Å².